The molecule has 1 heterocycles. The Morgan fingerprint density at radius 2 is 1.88 bits per heavy atom. The van der Waals surface area contributed by atoms with Gasteiger partial charge in [-0.15, -0.1) is 0 Å². The molecule has 0 aliphatic heterocycles. The molecule has 4 rings (SSSR count). The van der Waals surface area contributed by atoms with E-state index in [0.29, 0.717) is 30.2 Å². The van der Waals surface area contributed by atoms with Gasteiger partial charge in [0.15, 0.2) is 0 Å². The average Bonchev–Trinajstić information content (AvgIpc) is 3.47. The molecule has 3 aromatic carbocycles. The number of rotatable bonds is 12. The van der Waals surface area contributed by atoms with Crippen LogP contribution < -0.4 is 5.32 Å². The summed E-state index contributed by atoms with van der Waals surface area (Å²) in [4.78, 5) is 17.0. The second kappa shape index (κ2) is 13.7. The zero-order valence-electron chi connectivity index (χ0n) is 23.8. The van der Waals surface area contributed by atoms with Crippen LogP contribution >= 0.6 is 0 Å². The summed E-state index contributed by atoms with van der Waals surface area (Å²) in [5.74, 6) is 0.629. The lowest BCUT2D eigenvalue weighted by Gasteiger charge is -2.12. The third-order valence-electron chi connectivity index (χ3n) is 6.62. The topological polar surface area (TPSA) is 86.5 Å². The quantitative estimate of drug-likeness (QED) is 0.181. The smallest absolute Gasteiger partial charge is 0.258 e. The van der Waals surface area contributed by atoms with E-state index < -0.39 is 11.7 Å². The summed E-state index contributed by atoms with van der Waals surface area (Å²) in [5.41, 5.74) is 5.34. The van der Waals surface area contributed by atoms with E-state index in [-0.39, 0.29) is 17.9 Å². The number of amides is 1. The largest absolute Gasteiger partial charge is 0.467 e. The molecule has 0 unspecified atom stereocenters. The van der Waals surface area contributed by atoms with Crippen LogP contribution in [-0.4, -0.2) is 29.7 Å². The van der Waals surface area contributed by atoms with Crippen LogP contribution in [0.15, 0.2) is 89.4 Å². The fourth-order valence-corrected chi connectivity index (χ4v) is 4.42. The van der Waals surface area contributed by atoms with E-state index in [9.17, 15) is 9.18 Å². The molecule has 0 spiro atoms. The third-order valence-corrected chi connectivity index (χ3v) is 6.62. The predicted molar refractivity (Wildman–Crippen MR) is 157 cm³/mol. The summed E-state index contributed by atoms with van der Waals surface area (Å²) in [6.45, 7) is 10.5. The molecule has 1 N–H and O–H groups in total. The number of benzene rings is 3. The minimum absolute atomic E-state index is 0.0808. The highest BCUT2D eigenvalue weighted by Crippen LogP contribution is 2.32. The van der Waals surface area contributed by atoms with Crippen LogP contribution in [0.5, 0.6) is 0 Å². The zero-order valence-corrected chi connectivity index (χ0v) is 23.8. The Labute approximate surface area is 239 Å². The maximum Gasteiger partial charge on any atom is 0.258 e. The van der Waals surface area contributed by atoms with Crippen LogP contribution in [0.4, 0.5) is 4.39 Å². The number of hydrogen-bond donors (Lipinski definition) is 1. The number of methoxy groups -OCH3 is 1. The number of halogens is 1. The number of hydrogen-bond acceptors (Lipinski definition) is 6. The number of nitrogens with zero attached hydrogens (tertiary/aromatic N) is 2. The van der Waals surface area contributed by atoms with Crippen molar-refractivity contribution in [2.75, 3.05) is 13.7 Å². The molecule has 1 aromatic heterocycles. The first-order valence-corrected chi connectivity index (χ1v) is 13.5. The number of nitrogens with one attached hydrogen (secondary N) is 1. The van der Waals surface area contributed by atoms with Gasteiger partial charge in [-0.3, -0.25) is 4.79 Å². The van der Waals surface area contributed by atoms with Crippen molar-refractivity contribution in [3.05, 3.63) is 107 Å². The summed E-state index contributed by atoms with van der Waals surface area (Å²) in [6.07, 6.45) is 3.03. The van der Waals surface area contributed by atoms with Gasteiger partial charge in [0.1, 0.15) is 5.82 Å². The lowest BCUT2D eigenvalue weighted by atomic mass is 9.94. The molecule has 41 heavy (non-hydrogen) atoms. The molecule has 8 heteroatoms. The summed E-state index contributed by atoms with van der Waals surface area (Å²) < 4.78 is 31.5. The standard InChI is InChI=1S/C33H34FN3O4/c1-6-26(7-2)40-22(4)16-17-35-32(38)29-15-12-23(19-30(29)34)31-36-33(41-37-31)24-13-14-28(25(18-24)20-39-5)27-11-9-8-10-21(27)3/h6,8-15,18-19H,4,7,16-17,20H2,1-3,5H3,(H,35,38)/b26-6-. The summed E-state index contributed by atoms with van der Waals surface area (Å²) >= 11 is 0. The number of ether oxygens (including phenoxy) is 2. The minimum atomic E-state index is -0.687. The maximum atomic E-state index is 14.9. The summed E-state index contributed by atoms with van der Waals surface area (Å²) in [7, 11) is 1.65. The Kier molecular flexibility index (Phi) is 9.81. The van der Waals surface area contributed by atoms with Crippen LogP contribution in [-0.2, 0) is 16.1 Å². The monoisotopic (exact) mass is 555 g/mol. The van der Waals surface area contributed by atoms with Crippen molar-refractivity contribution in [3.8, 4) is 34.0 Å². The molecule has 4 aromatic rings. The minimum Gasteiger partial charge on any atom is -0.467 e. The van der Waals surface area contributed by atoms with Gasteiger partial charge in [0, 0.05) is 37.6 Å². The van der Waals surface area contributed by atoms with Gasteiger partial charge in [-0.05, 0) is 66.4 Å². The van der Waals surface area contributed by atoms with Crippen molar-refractivity contribution in [1.82, 2.24) is 15.5 Å². The second-order valence-corrected chi connectivity index (χ2v) is 9.49. The Balaban J connectivity index is 1.46. The van der Waals surface area contributed by atoms with Crippen LogP contribution in [0, 0.1) is 12.7 Å². The number of allylic oxidation sites excluding steroid dienone is 2. The van der Waals surface area contributed by atoms with Crippen molar-refractivity contribution >= 4 is 5.91 Å². The van der Waals surface area contributed by atoms with E-state index in [0.717, 1.165) is 40.0 Å². The Morgan fingerprint density at radius 1 is 1.10 bits per heavy atom. The van der Waals surface area contributed by atoms with Crippen molar-refractivity contribution in [2.24, 2.45) is 0 Å². The third kappa shape index (κ3) is 7.15. The molecule has 0 fully saturated rings. The lowest BCUT2D eigenvalue weighted by molar-refractivity contribution is 0.0948. The van der Waals surface area contributed by atoms with Crippen LogP contribution in [0.25, 0.3) is 34.0 Å². The fourth-order valence-electron chi connectivity index (χ4n) is 4.42. The molecular formula is C33H34FN3O4. The molecule has 0 aliphatic carbocycles. The fraction of sp³-hybridized carbons (Fsp3) is 0.242. The highest BCUT2D eigenvalue weighted by atomic mass is 19.1. The van der Waals surface area contributed by atoms with Gasteiger partial charge >= 0.3 is 0 Å². The predicted octanol–water partition coefficient (Wildman–Crippen LogP) is 7.63. The molecule has 0 aliphatic rings. The molecule has 0 radical (unpaired) electrons. The van der Waals surface area contributed by atoms with Gasteiger partial charge in [0.25, 0.3) is 11.8 Å². The SMILES string of the molecule is C=C(CCNC(=O)c1ccc(-c2noc(-c3ccc(-c4ccccc4C)c(COC)c3)n2)cc1F)O/C(=C\C)CC. The molecule has 212 valence electrons. The molecule has 0 bridgehead atoms. The molecule has 0 atom stereocenters. The number of aromatic nitrogens is 2. The normalized spacial score (nSPS) is 11.4. The van der Waals surface area contributed by atoms with Gasteiger partial charge < -0.3 is 19.3 Å². The van der Waals surface area contributed by atoms with E-state index in [1.54, 1.807) is 13.2 Å². The van der Waals surface area contributed by atoms with Crippen LogP contribution in [0.3, 0.4) is 0 Å². The summed E-state index contributed by atoms with van der Waals surface area (Å²) in [6, 6.07) is 18.2. The number of carbonyl (C=O) groups is 1. The zero-order chi connectivity index (χ0) is 29.4. The van der Waals surface area contributed by atoms with Gasteiger partial charge in [0.05, 0.1) is 23.7 Å². The van der Waals surface area contributed by atoms with E-state index in [1.807, 2.05) is 50.3 Å². The van der Waals surface area contributed by atoms with Gasteiger partial charge in [-0.1, -0.05) is 55.1 Å². The van der Waals surface area contributed by atoms with Crippen molar-refractivity contribution in [3.63, 3.8) is 0 Å². The lowest BCUT2D eigenvalue weighted by Crippen LogP contribution is -2.25. The van der Waals surface area contributed by atoms with Crippen LogP contribution in [0.2, 0.25) is 0 Å². The number of aryl methyl sites for hydroxylation is 1. The second-order valence-electron chi connectivity index (χ2n) is 9.49. The molecule has 0 saturated heterocycles. The molecule has 1 amide bonds. The average molecular weight is 556 g/mol. The molecule has 0 saturated carbocycles. The van der Waals surface area contributed by atoms with Crippen molar-refractivity contribution < 1.29 is 23.2 Å². The molecule has 7 nitrogen and oxygen atoms in total. The van der Waals surface area contributed by atoms with E-state index >= 15 is 0 Å². The number of carbonyl (C=O) groups excluding carboxylic acids is 1. The van der Waals surface area contributed by atoms with Crippen LogP contribution in [0.1, 0.15) is 48.2 Å². The highest BCUT2D eigenvalue weighted by molar-refractivity contribution is 5.94. The van der Waals surface area contributed by atoms with E-state index in [2.05, 4.69) is 41.1 Å². The van der Waals surface area contributed by atoms with E-state index in [4.69, 9.17) is 14.0 Å². The first kappa shape index (κ1) is 29.4. The maximum absolute atomic E-state index is 14.9. The van der Waals surface area contributed by atoms with Crippen molar-refractivity contribution in [2.45, 2.75) is 40.2 Å². The van der Waals surface area contributed by atoms with Crippen molar-refractivity contribution in [1.29, 1.82) is 0 Å². The first-order valence-electron chi connectivity index (χ1n) is 13.5. The van der Waals surface area contributed by atoms with Gasteiger partial charge in [-0.2, -0.15) is 4.98 Å². The first-order chi connectivity index (χ1) is 19.8. The Morgan fingerprint density at radius 3 is 2.59 bits per heavy atom. The van der Waals surface area contributed by atoms with Gasteiger partial charge in [0.2, 0.25) is 5.82 Å². The highest BCUT2D eigenvalue weighted by Gasteiger charge is 2.17. The summed E-state index contributed by atoms with van der Waals surface area (Å²) in [5, 5.41) is 6.74. The molecular weight excluding hydrogens is 521 g/mol. The van der Waals surface area contributed by atoms with Gasteiger partial charge in [-0.25, -0.2) is 4.39 Å². The van der Waals surface area contributed by atoms with E-state index in [1.165, 1.54) is 12.1 Å². The Hall–Kier alpha value is -4.56. The Bertz CT molecular complexity index is 1570.